The molecule has 0 spiro atoms. The van der Waals surface area contributed by atoms with Gasteiger partial charge in [0.25, 0.3) is 0 Å². The van der Waals surface area contributed by atoms with E-state index in [9.17, 15) is 14.4 Å². The van der Waals surface area contributed by atoms with E-state index >= 15 is 0 Å². The van der Waals surface area contributed by atoms with E-state index in [1.54, 1.807) is 13.8 Å². The highest BCUT2D eigenvalue weighted by molar-refractivity contribution is 6.02. The van der Waals surface area contributed by atoms with Crippen molar-refractivity contribution in [3.63, 3.8) is 0 Å². The molecule has 0 saturated carbocycles. The maximum Gasteiger partial charge on any atom is 0.379 e. The standard InChI is InChI=1S/C11H16O8/c1-4-16-8(12)7-6-18-11(19-7,9(13)15-3)10(14)17-5-2/h7H,4-6H2,1-3H3. The molecule has 1 aliphatic heterocycles. The number of hydrogen-bond donors (Lipinski definition) is 0. The van der Waals surface area contributed by atoms with Crippen LogP contribution in [0, 0.1) is 0 Å². The summed E-state index contributed by atoms with van der Waals surface area (Å²) in [4.78, 5) is 34.9. The fraction of sp³-hybridized carbons (Fsp3) is 0.727. The Bertz CT molecular complexity index is 366. The molecule has 0 bridgehead atoms. The second-order valence-electron chi connectivity index (χ2n) is 3.50. The minimum atomic E-state index is -2.36. The number of methoxy groups -OCH3 is 1. The highest BCUT2D eigenvalue weighted by atomic mass is 16.8. The van der Waals surface area contributed by atoms with E-state index in [0.29, 0.717) is 0 Å². The fourth-order valence-corrected chi connectivity index (χ4v) is 1.47. The molecule has 2 atom stereocenters. The van der Waals surface area contributed by atoms with Crippen molar-refractivity contribution >= 4 is 17.9 Å². The first kappa shape index (κ1) is 15.4. The Labute approximate surface area is 109 Å². The fourth-order valence-electron chi connectivity index (χ4n) is 1.47. The van der Waals surface area contributed by atoms with Crippen LogP contribution in [0.2, 0.25) is 0 Å². The lowest BCUT2D eigenvalue weighted by Gasteiger charge is -2.21. The van der Waals surface area contributed by atoms with Crippen molar-refractivity contribution < 1.29 is 38.1 Å². The summed E-state index contributed by atoms with van der Waals surface area (Å²) in [5.41, 5.74) is 0. The van der Waals surface area contributed by atoms with Crippen molar-refractivity contribution in [3.05, 3.63) is 0 Å². The van der Waals surface area contributed by atoms with Gasteiger partial charge in [0.05, 0.1) is 26.9 Å². The highest BCUT2D eigenvalue weighted by Crippen LogP contribution is 2.27. The minimum absolute atomic E-state index is 0.0222. The molecule has 19 heavy (non-hydrogen) atoms. The van der Waals surface area contributed by atoms with Gasteiger partial charge in [0.15, 0.2) is 6.10 Å². The molecule has 0 amide bonds. The molecule has 2 unspecified atom stereocenters. The van der Waals surface area contributed by atoms with Gasteiger partial charge in [-0.2, -0.15) is 0 Å². The molecule has 0 aromatic rings. The molecular weight excluding hydrogens is 260 g/mol. The number of carbonyl (C=O) groups is 3. The lowest BCUT2D eigenvalue weighted by molar-refractivity contribution is -0.224. The summed E-state index contributed by atoms with van der Waals surface area (Å²) >= 11 is 0. The van der Waals surface area contributed by atoms with Crippen LogP contribution in [0.15, 0.2) is 0 Å². The molecule has 1 saturated heterocycles. The van der Waals surface area contributed by atoms with Gasteiger partial charge in [-0.3, -0.25) is 0 Å². The Morgan fingerprint density at radius 1 is 1.16 bits per heavy atom. The second kappa shape index (κ2) is 6.48. The van der Waals surface area contributed by atoms with Crippen LogP contribution in [0.5, 0.6) is 0 Å². The highest BCUT2D eigenvalue weighted by Gasteiger charge is 2.59. The molecule has 1 fully saturated rings. The summed E-state index contributed by atoms with van der Waals surface area (Å²) in [6.07, 6.45) is -1.18. The van der Waals surface area contributed by atoms with Crippen LogP contribution >= 0.6 is 0 Å². The molecule has 0 aromatic heterocycles. The normalized spacial score (nSPS) is 25.7. The SMILES string of the molecule is CCOC(=O)C1COC(C(=O)OC)(C(=O)OCC)O1. The zero-order valence-electron chi connectivity index (χ0n) is 11.0. The second-order valence-corrected chi connectivity index (χ2v) is 3.50. The number of esters is 3. The average Bonchev–Trinajstić information content (AvgIpc) is 2.85. The lowest BCUT2D eigenvalue weighted by Crippen LogP contribution is -2.50. The number of hydrogen-bond acceptors (Lipinski definition) is 8. The first-order valence-corrected chi connectivity index (χ1v) is 5.75. The van der Waals surface area contributed by atoms with Crippen LogP contribution in [-0.2, 0) is 38.1 Å². The molecule has 108 valence electrons. The lowest BCUT2D eigenvalue weighted by atomic mass is 10.3. The number of ether oxygens (including phenoxy) is 5. The van der Waals surface area contributed by atoms with E-state index in [2.05, 4.69) is 4.74 Å². The summed E-state index contributed by atoms with van der Waals surface area (Å²) in [5, 5.41) is 0. The average molecular weight is 276 g/mol. The summed E-state index contributed by atoms with van der Waals surface area (Å²) in [6, 6.07) is 0. The molecule has 1 heterocycles. The Morgan fingerprint density at radius 3 is 2.32 bits per heavy atom. The molecule has 0 aliphatic carbocycles. The van der Waals surface area contributed by atoms with Crippen LogP contribution in [0.1, 0.15) is 13.8 Å². The number of rotatable bonds is 5. The van der Waals surface area contributed by atoms with Crippen molar-refractivity contribution in [3.8, 4) is 0 Å². The van der Waals surface area contributed by atoms with E-state index in [4.69, 9.17) is 18.9 Å². The van der Waals surface area contributed by atoms with Crippen molar-refractivity contribution in [2.45, 2.75) is 25.7 Å². The van der Waals surface area contributed by atoms with Gasteiger partial charge in [0.1, 0.15) is 0 Å². The Hall–Kier alpha value is -1.67. The first-order chi connectivity index (χ1) is 9.01. The summed E-state index contributed by atoms with van der Waals surface area (Å²) in [5.74, 6) is -5.23. The zero-order valence-corrected chi connectivity index (χ0v) is 11.0. The smallest absolute Gasteiger partial charge is 0.379 e. The summed E-state index contributed by atoms with van der Waals surface area (Å²) < 4.78 is 24.0. The van der Waals surface area contributed by atoms with Gasteiger partial charge >= 0.3 is 23.7 Å². The van der Waals surface area contributed by atoms with Gasteiger partial charge in [-0.15, -0.1) is 0 Å². The van der Waals surface area contributed by atoms with Gasteiger partial charge in [-0.25, -0.2) is 14.4 Å². The van der Waals surface area contributed by atoms with Crippen molar-refractivity contribution in [1.82, 2.24) is 0 Å². The van der Waals surface area contributed by atoms with Gasteiger partial charge in [0.2, 0.25) is 0 Å². The van der Waals surface area contributed by atoms with E-state index < -0.39 is 29.8 Å². The molecular formula is C11H16O8. The molecule has 8 heteroatoms. The van der Waals surface area contributed by atoms with Crippen molar-refractivity contribution in [2.75, 3.05) is 26.9 Å². The van der Waals surface area contributed by atoms with E-state index in [1.165, 1.54) is 0 Å². The molecule has 0 aromatic carbocycles. The van der Waals surface area contributed by atoms with Gasteiger partial charge in [-0.1, -0.05) is 0 Å². The van der Waals surface area contributed by atoms with Crippen LogP contribution in [0.4, 0.5) is 0 Å². The van der Waals surface area contributed by atoms with Crippen LogP contribution < -0.4 is 0 Å². The Morgan fingerprint density at radius 2 is 1.79 bits per heavy atom. The zero-order chi connectivity index (χ0) is 14.5. The minimum Gasteiger partial charge on any atom is -0.465 e. The van der Waals surface area contributed by atoms with Gasteiger partial charge in [0, 0.05) is 0 Å². The van der Waals surface area contributed by atoms with Crippen molar-refractivity contribution in [1.29, 1.82) is 0 Å². The Kier molecular flexibility index (Phi) is 5.25. The maximum atomic E-state index is 11.8. The molecule has 1 aliphatic rings. The third-order valence-electron chi connectivity index (χ3n) is 2.29. The molecule has 1 rings (SSSR count). The van der Waals surface area contributed by atoms with E-state index in [1.807, 2.05) is 0 Å². The van der Waals surface area contributed by atoms with Crippen LogP contribution in [-0.4, -0.2) is 56.7 Å². The van der Waals surface area contributed by atoms with E-state index in [-0.39, 0.29) is 19.8 Å². The van der Waals surface area contributed by atoms with Crippen molar-refractivity contribution in [2.24, 2.45) is 0 Å². The number of carbonyl (C=O) groups excluding carboxylic acids is 3. The van der Waals surface area contributed by atoms with Gasteiger partial charge < -0.3 is 23.7 Å². The third-order valence-corrected chi connectivity index (χ3v) is 2.29. The Balaban J connectivity index is 2.88. The topological polar surface area (TPSA) is 97.4 Å². The third kappa shape index (κ3) is 3.02. The molecule has 8 nitrogen and oxygen atoms in total. The quantitative estimate of drug-likeness (QED) is 0.373. The largest absolute Gasteiger partial charge is 0.465 e. The predicted octanol–water partition coefficient (Wildman–Crippen LogP) is -0.603. The first-order valence-electron chi connectivity index (χ1n) is 5.75. The van der Waals surface area contributed by atoms with Crippen LogP contribution in [0.25, 0.3) is 0 Å². The van der Waals surface area contributed by atoms with E-state index in [0.717, 1.165) is 7.11 Å². The molecule has 0 radical (unpaired) electrons. The molecule has 0 N–H and O–H groups in total. The monoisotopic (exact) mass is 276 g/mol. The summed E-state index contributed by atoms with van der Waals surface area (Å²) in [6.45, 7) is 3.04. The van der Waals surface area contributed by atoms with Crippen LogP contribution in [0.3, 0.4) is 0 Å². The predicted molar refractivity (Wildman–Crippen MR) is 58.8 cm³/mol. The summed E-state index contributed by atoms with van der Waals surface area (Å²) in [7, 11) is 1.06. The maximum absolute atomic E-state index is 11.8. The van der Waals surface area contributed by atoms with Gasteiger partial charge in [-0.05, 0) is 13.8 Å².